The van der Waals surface area contributed by atoms with Crippen LogP contribution in [0, 0.1) is 6.92 Å². The van der Waals surface area contributed by atoms with Crippen molar-refractivity contribution in [1.29, 1.82) is 0 Å². The lowest BCUT2D eigenvalue weighted by Crippen LogP contribution is -2.19. The molecule has 0 aliphatic heterocycles. The van der Waals surface area contributed by atoms with Gasteiger partial charge < -0.3 is 20.4 Å². The van der Waals surface area contributed by atoms with Crippen molar-refractivity contribution in [1.82, 2.24) is 10.2 Å². The minimum Gasteiger partial charge on any atom is -0.416 e. The Balaban J connectivity index is 1.19. The number of benzene rings is 4. The topological polar surface area (TPSA) is 109 Å². The summed E-state index contributed by atoms with van der Waals surface area (Å²) in [6.07, 6.45) is 0. The minimum absolute atomic E-state index is 0.264. The first-order valence-electron chi connectivity index (χ1n) is 11.6. The molecule has 0 radical (unpaired) electrons. The molecule has 8 heteroatoms. The quantitative estimate of drug-likeness (QED) is 0.249. The number of nitrogens with one attached hydrogen (secondary N) is 3. The Morgan fingerprint density at radius 3 is 1.86 bits per heavy atom. The third kappa shape index (κ3) is 5.71. The molecule has 0 aliphatic rings. The van der Waals surface area contributed by atoms with Gasteiger partial charge in [0.05, 0.1) is 0 Å². The number of rotatable bonds is 6. The van der Waals surface area contributed by atoms with Crippen LogP contribution >= 0.6 is 0 Å². The molecule has 0 saturated carbocycles. The van der Waals surface area contributed by atoms with E-state index in [2.05, 4.69) is 26.1 Å². The molecule has 5 aromatic rings. The zero-order chi connectivity index (χ0) is 25.6. The summed E-state index contributed by atoms with van der Waals surface area (Å²) < 4.78 is 5.85. The molecule has 1 heterocycles. The second-order valence-electron chi connectivity index (χ2n) is 8.28. The van der Waals surface area contributed by atoms with Gasteiger partial charge in [0.2, 0.25) is 11.8 Å². The fraction of sp³-hybridized carbons (Fsp3) is 0.0345. The van der Waals surface area contributed by atoms with Gasteiger partial charge in [-0.05, 0) is 79.2 Å². The van der Waals surface area contributed by atoms with Gasteiger partial charge in [-0.15, -0.1) is 10.2 Å². The predicted molar refractivity (Wildman–Crippen MR) is 143 cm³/mol. The van der Waals surface area contributed by atoms with Gasteiger partial charge >= 0.3 is 6.03 Å². The van der Waals surface area contributed by atoms with Gasteiger partial charge in [0.1, 0.15) is 0 Å². The molecule has 0 spiro atoms. The van der Waals surface area contributed by atoms with Gasteiger partial charge in [0, 0.05) is 33.8 Å². The van der Waals surface area contributed by atoms with Gasteiger partial charge in [0.15, 0.2) is 0 Å². The summed E-state index contributed by atoms with van der Waals surface area (Å²) in [7, 11) is 0. The van der Waals surface area contributed by atoms with Crippen molar-refractivity contribution >= 4 is 29.0 Å². The molecule has 182 valence electrons. The van der Waals surface area contributed by atoms with E-state index in [9.17, 15) is 9.59 Å². The van der Waals surface area contributed by atoms with Crippen LogP contribution in [0.1, 0.15) is 15.9 Å². The van der Waals surface area contributed by atoms with E-state index in [-0.39, 0.29) is 11.9 Å². The molecule has 0 fully saturated rings. The van der Waals surface area contributed by atoms with Crippen LogP contribution in [0.15, 0.2) is 108 Å². The van der Waals surface area contributed by atoms with Crippen molar-refractivity contribution in [2.24, 2.45) is 0 Å². The molecule has 5 rings (SSSR count). The molecule has 0 saturated heterocycles. The summed E-state index contributed by atoms with van der Waals surface area (Å²) in [6, 6.07) is 30.4. The zero-order valence-electron chi connectivity index (χ0n) is 19.9. The molecule has 0 unspecified atom stereocenters. The zero-order valence-corrected chi connectivity index (χ0v) is 19.9. The Bertz CT molecular complexity index is 1530. The summed E-state index contributed by atoms with van der Waals surface area (Å²) >= 11 is 0. The minimum atomic E-state index is -0.352. The summed E-state index contributed by atoms with van der Waals surface area (Å²) in [5, 5.41) is 16.7. The van der Waals surface area contributed by atoms with Crippen LogP contribution in [0.5, 0.6) is 0 Å². The molecule has 37 heavy (non-hydrogen) atoms. The van der Waals surface area contributed by atoms with Crippen molar-refractivity contribution in [2.75, 3.05) is 16.0 Å². The van der Waals surface area contributed by atoms with E-state index >= 15 is 0 Å². The second-order valence-corrected chi connectivity index (χ2v) is 8.28. The summed E-state index contributed by atoms with van der Waals surface area (Å²) in [5.41, 5.74) is 5.02. The molecule has 8 nitrogen and oxygen atoms in total. The highest BCUT2D eigenvalue weighted by atomic mass is 16.4. The molecule has 4 aromatic carbocycles. The van der Waals surface area contributed by atoms with E-state index in [1.165, 1.54) is 0 Å². The Hall–Kier alpha value is -5.24. The fourth-order valence-electron chi connectivity index (χ4n) is 3.68. The van der Waals surface area contributed by atoms with Crippen molar-refractivity contribution in [2.45, 2.75) is 6.92 Å². The number of hydrogen-bond donors (Lipinski definition) is 3. The van der Waals surface area contributed by atoms with Crippen LogP contribution in [0.4, 0.5) is 21.9 Å². The fourth-order valence-corrected chi connectivity index (χ4v) is 3.68. The second kappa shape index (κ2) is 10.6. The number of aryl methyl sites for hydroxylation is 1. The number of hydrogen-bond acceptors (Lipinski definition) is 5. The van der Waals surface area contributed by atoms with Gasteiger partial charge in [-0.1, -0.05) is 36.4 Å². The number of aromatic nitrogens is 2. The highest BCUT2D eigenvalue weighted by molar-refractivity contribution is 6.05. The summed E-state index contributed by atoms with van der Waals surface area (Å²) in [6.45, 7) is 1.99. The molecular weight excluding hydrogens is 466 g/mol. The third-order valence-corrected chi connectivity index (χ3v) is 5.63. The number of anilines is 3. The maximum atomic E-state index is 12.7. The maximum absolute atomic E-state index is 12.7. The lowest BCUT2D eigenvalue weighted by Gasteiger charge is -2.09. The van der Waals surface area contributed by atoms with Crippen LogP contribution in [0.3, 0.4) is 0 Å². The molecule has 3 amide bonds. The first-order chi connectivity index (χ1) is 18.0. The van der Waals surface area contributed by atoms with Gasteiger partial charge in [0.25, 0.3) is 5.91 Å². The van der Waals surface area contributed by atoms with E-state index in [4.69, 9.17) is 4.42 Å². The monoisotopic (exact) mass is 489 g/mol. The van der Waals surface area contributed by atoms with Crippen LogP contribution in [0.2, 0.25) is 0 Å². The number of amides is 3. The summed E-state index contributed by atoms with van der Waals surface area (Å²) in [5.74, 6) is 0.565. The number of carbonyl (C=O) groups excluding carboxylic acids is 2. The van der Waals surface area contributed by atoms with Crippen LogP contribution < -0.4 is 16.0 Å². The average molecular weight is 490 g/mol. The molecule has 0 atom stereocenters. The van der Waals surface area contributed by atoms with Crippen LogP contribution in [-0.4, -0.2) is 22.1 Å². The van der Waals surface area contributed by atoms with E-state index in [0.717, 1.165) is 11.1 Å². The van der Waals surface area contributed by atoms with Crippen molar-refractivity contribution in [3.05, 3.63) is 114 Å². The smallest absolute Gasteiger partial charge is 0.323 e. The van der Waals surface area contributed by atoms with Crippen LogP contribution in [-0.2, 0) is 0 Å². The van der Waals surface area contributed by atoms with Gasteiger partial charge in [-0.2, -0.15) is 0 Å². The lowest BCUT2D eigenvalue weighted by molar-refractivity contribution is 0.102. The average Bonchev–Trinajstić information content (AvgIpc) is 3.41. The van der Waals surface area contributed by atoms with E-state index in [0.29, 0.717) is 40.0 Å². The van der Waals surface area contributed by atoms with Gasteiger partial charge in [-0.3, -0.25) is 4.79 Å². The Kier molecular flexibility index (Phi) is 6.72. The number of carbonyl (C=O) groups is 2. The standard InChI is InChI=1S/C29H23N5O3/c1-19-7-5-6-10-25(19)28-34-33-27(37-28)21-13-11-20(12-14-21)26(35)30-23-15-17-24(18-16-23)32-29(36)31-22-8-3-2-4-9-22/h2-18H,1H3,(H,30,35)(H2,31,32,36). The van der Waals surface area contributed by atoms with Gasteiger partial charge in [-0.25, -0.2) is 4.79 Å². The van der Waals surface area contributed by atoms with E-state index < -0.39 is 0 Å². The normalized spacial score (nSPS) is 10.5. The van der Waals surface area contributed by atoms with Crippen molar-refractivity contribution in [3.63, 3.8) is 0 Å². The van der Waals surface area contributed by atoms with E-state index in [1.807, 2.05) is 49.4 Å². The maximum Gasteiger partial charge on any atom is 0.323 e. The first kappa shape index (κ1) is 23.5. The Morgan fingerprint density at radius 2 is 1.19 bits per heavy atom. The van der Waals surface area contributed by atoms with Crippen LogP contribution in [0.25, 0.3) is 22.9 Å². The van der Waals surface area contributed by atoms with Crippen molar-refractivity contribution in [3.8, 4) is 22.9 Å². The molecule has 0 aliphatic carbocycles. The molecule has 3 N–H and O–H groups in total. The molecule has 1 aromatic heterocycles. The Morgan fingerprint density at radius 1 is 0.622 bits per heavy atom. The first-order valence-corrected chi connectivity index (χ1v) is 11.6. The number of urea groups is 1. The third-order valence-electron chi connectivity index (χ3n) is 5.63. The summed E-state index contributed by atoms with van der Waals surface area (Å²) in [4.78, 5) is 24.9. The highest BCUT2D eigenvalue weighted by Gasteiger charge is 2.13. The Labute approximate surface area is 213 Å². The predicted octanol–water partition coefficient (Wildman–Crippen LogP) is 6.61. The largest absolute Gasteiger partial charge is 0.416 e. The molecular formula is C29H23N5O3. The lowest BCUT2D eigenvalue weighted by atomic mass is 10.1. The van der Waals surface area contributed by atoms with Crippen molar-refractivity contribution < 1.29 is 14.0 Å². The number of nitrogens with zero attached hydrogens (tertiary/aromatic N) is 2. The SMILES string of the molecule is Cc1ccccc1-c1nnc(-c2ccc(C(=O)Nc3ccc(NC(=O)Nc4ccccc4)cc3)cc2)o1. The highest BCUT2D eigenvalue weighted by Crippen LogP contribution is 2.26. The molecule has 0 bridgehead atoms. The van der Waals surface area contributed by atoms with E-state index in [1.54, 1.807) is 60.7 Å². The number of para-hydroxylation sites is 1.